The molecule has 0 amide bonds. The van der Waals surface area contributed by atoms with Gasteiger partial charge in [-0.05, 0) is 6.07 Å². The van der Waals surface area contributed by atoms with Crippen LogP contribution in [0, 0.1) is 20.2 Å². The molecule has 0 aliphatic heterocycles. The lowest BCUT2D eigenvalue weighted by atomic mass is 10.1. The second-order valence-electron chi connectivity index (χ2n) is 2.76. The minimum absolute atomic E-state index is 0.397. The average molecular weight is 261 g/mol. The van der Waals surface area contributed by atoms with Gasteiger partial charge in [0, 0.05) is 12.1 Å². The molecular weight excluding hydrogens is 256 g/mol. The first-order valence-electron chi connectivity index (χ1n) is 4.06. The first-order chi connectivity index (χ1) is 7.93. The maximum atomic E-state index is 10.6. The van der Waals surface area contributed by atoms with Crippen molar-refractivity contribution in [1.29, 1.82) is 0 Å². The molecule has 1 aromatic rings. The molecule has 1 unspecified atom stereocenters. The zero-order valence-electron chi connectivity index (χ0n) is 8.10. The van der Waals surface area contributed by atoms with E-state index in [-0.39, 0.29) is 0 Å². The molecule has 0 radical (unpaired) electrons. The summed E-state index contributed by atoms with van der Waals surface area (Å²) in [7, 11) is 0. The summed E-state index contributed by atoms with van der Waals surface area (Å²) in [6.07, 6.45) is 0. The third-order valence-electron chi connectivity index (χ3n) is 1.82. The summed E-state index contributed by atoms with van der Waals surface area (Å²) in [6, 6.07) is 3.19. The molecule has 10 heteroatoms. The molecular formula is C7H5N2O7S-. The van der Waals surface area contributed by atoms with Crippen molar-refractivity contribution < 1.29 is 22.8 Å². The molecule has 0 heterocycles. The van der Waals surface area contributed by atoms with Crippen LogP contribution in [0.2, 0.25) is 0 Å². The summed E-state index contributed by atoms with van der Waals surface area (Å²) in [5.74, 6) is 0. The molecule has 0 aliphatic carbocycles. The highest BCUT2D eigenvalue weighted by Gasteiger charge is 2.24. The standard InChI is InChI=1S/C7H6N2O7S/c10-8(11)6-2-1-3-7(9(12)13)5(6)4-16-17(14)15/h1-3H,4H2,(H,14,15)/p-1. The fourth-order valence-corrected chi connectivity index (χ4v) is 1.37. The number of hydrogen-bond acceptors (Lipinski definition) is 7. The molecule has 0 N–H and O–H groups in total. The largest absolute Gasteiger partial charge is 0.750 e. The number of benzene rings is 1. The molecule has 1 rings (SSSR count). The van der Waals surface area contributed by atoms with Crippen molar-refractivity contribution in [3.05, 3.63) is 44.0 Å². The van der Waals surface area contributed by atoms with Gasteiger partial charge in [-0.15, -0.1) is 0 Å². The van der Waals surface area contributed by atoms with Crippen LogP contribution in [0.1, 0.15) is 5.56 Å². The Hall–Kier alpha value is -1.91. The molecule has 0 saturated heterocycles. The zero-order chi connectivity index (χ0) is 13.0. The van der Waals surface area contributed by atoms with Gasteiger partial charge in [0.1, 0.15) is 12.2 Å². The molecule has 9 nitrogen and oxygen atoms in total. The Labute approximate surface area is 96.8 Å². The molecule has 17 heavy (non-hydrogen) atoms. The quantitative estimate of drug-likeness (QED) is 0.434. The molecule has 0 spiro atoms. The highest BCUT2D eigenvalue weighted by atomic mass is 32.2. The van der Waals surface area contributed by atoms with Crippen LogP contribution >= 0.6 is 0 Å². The number of rotatable bonds is 5. The second-order valence-corrected chi connectivity index (χ2v) is 3.40. The van der Waals surface area contributed by atoms with Gasteiger partial charge in [-0.1, -0.05) is 0 Å². The highest BCUT2D eigenvalue weighted by molar-refractivity contribution is 7.74. The Morgan fingerprint density at radius 1 is 1.18 bits per heavy atom. The van der Waals surface area contributed by atoms with E-state index in [1.165, 1.54) is 0 Å². The van der Waals surface area contributed by atoms with Gasteiger partial charge in [-0.3, -0.25) is 24.4 Å². The molecule has 1 aromatic carbocycles. The summed E-state index contributed by atoms with van der Waals surface area (Å²) in [5, 5.41) is 21.2. The van der Waals surface area contributed by atoms with E-state index in [1.54, 1.807) is 0 Å². The Balaban J connectivity index is 3.23. The predicted molar refractivity (Wildman–Crippen MR) is 53.5 cm³/mol. The predicted octanol–water partition coefficient (Wildman–Crippen LogP) is 0.814. The first-order valence-corrected chi connectivity index (χ1v) is 5.06. The third-order valence-corrected chi connectivity index (χ3v) is 2.13. The highest BCUT2D eigenvalue weighted by Crippen LogP contribution is 2.28. The zero-order valence-corrected chi connectivity index (χ0v) is 8.92. The average Bonchev–Trinajstić information content (AvgIpc) is 2.25. The van der Waals surface area contributed by atoms with Gasteiger partial charge < -0.3 is 4.55 Å². The Kier molecular flexibility index (Phi) is 4.20. The normalized spacial score (nSPS) is 12.1. The molecule has 0 fully saturated rings. The lowest BCUT2D eigenvalue weighted by molar-refractivity contribution is -0.396. The van der Waals surface area contributed by atoms with Gasteiger partial charge in [-0.25, -0.2) is 4.21 Å². The van der Waals surface area contributed by atoms with Crippen molar-refractivity contribution in [1.82, 2.24) is 0 Å². The smallest absolute Gasteiger partial charge is 0.281 e. The van der Waals surface area contributed by atoms with E-state index >= 15 is 0 Å². The summed E-state index contributed by atoms with van der Waals surface area (Å²) in [5.41, 5.74) is -1.53. The Bertz CT molecular complexity index is 457. The minimum Gasteiger partial charge on any atom is -0.750 e. The summed E-state index contributed by atoms with van der Waals surface area (Å²) >= 11 is -2.90. The van der Waals surface area contributed by atoms with E-state index < -0.39 is 44.8 Å². The van der Waals surface area contributed by atoms with Gasteiger partial charge in [0.2, 0.25) is 0 Å². The monoisotopic (exact) mass is 261 g/mol. The molecule has 0 saturated carbocycles. The van der Waals surface area contributed by atoms with Crippen molar-refractivity contribution in [3.63, 3.8) is 0 Å². The van der Waals surface area contributed by atoms with Crippen LogP contribution in [0.15, 0.2) is 18.2 Å². The lowest BCUT2D eigenvalue weighted by Gasteiger charge is -2.06. The molecule has 1 atom stereocenters. The van der Waals surface area contributed by atoms with Crippen LogP contribution in [-0.4, -0.2) is 18.6 Å². The van der Waals surface area contributed by atoms with E-state index in [0.717, 1.165) is 18.2 Å². The van der Waals surface area contributed by atoms with Crippen molar-refractivity contribution >= 4 is 22.7 Å². The number of nitrogens with zero attached hydrogens (tertiary/aromatic N) is 2. The number of nitro benzene ring substituents is 2. The SMILES string of the molecule is O=[N+]([O-])c1cccc([N+](=O)[O-])c1COS(=O)[O-]. The first kappa shape index (κ1) is 13.2. The molecule has 0 bridgehead atoms. The van der Waals surface area contributed by atoms with Crippen molar-refractivity contribution in [2.45, 2.75) is 6.61 Å². The summed E-state index contributed by atoms with van der Waals surface area (Å²) < 4.78 is 24.5. The van der Waals surface area contributed by atoms with Gasteiger partial charge in [-0.2, -0.15) is 0 Å². The van der Waals surface area contributed by atoms with Crippen LogP contribution in [0.3, 0.4) is 0 Å². The summed E-state index contributed by atoms with van der Waals surface area (Å²) in [6.45, 7) is -0.760. The second kappa shape index (κ2) is 5.43. The van der Waals surface area contributed by atoms with E-state index in [2.05, 4.69) is 4.18 Å². The fourth-order valence-electron chi connectivity index (χ4n) is 1.16. The Morgan fingerprint density at radius 2 is 1.65 bits per heavy atom. The van der Waals surface area contributed by atoms with Crippen LogP contribution in [0.4, 0.5) is 11.4 Å². The van der Waals surface area contributed by atoms with Gasteiger partial charge in [0.25, 0.3) is 11.4 Å². The van der Waals surface area contributed by atoms with Crippen LogP contribution in [0.25, 0.3) is 0 Å². The maximum absolute atomic E-state index is 10.6. The van der Waals surface area contributed by atoms with Crippen molar-refractivity contribution in [2.24, 2.45) is 0 Å². The fraction of sp³-hybridized carbons (Fsp3) is 0.143. The third kappa shape index (κ3) is 3.27. The van der Waals surface area contributed by atoms with Crippen LogP contribution < -0.4 is 0 Å². The van der Waals surface area contributed by atoms with E-state index in [9.17, 15) is 29.0 Å². The lowest BCUT2D eigenvalue weighted by Crippen LogP contribution is -2.04. The topological polar surface area (TPSA) is 136 Å². The number of nitro groups is 2. The summed E-state index contributed by atoms with van der Waals surface area (Å²) in [4.78, 5) is 19.5. The minimum atomic E-state index is -2.90. The molecule has 0 aromatic heterocycles. The van der Waals surface area contributed by atoms with Crippen molar-refractivity contribution in [2.75, 3.05) is 0 Å². The maximum Gasteiger partial charge on any atom is 0.281 e. The van der Waals surface area contributed by atoms with Gasteiger partial charge in [0.15, 0.2) is 0 Å². The van der Waals surface area contributed by atoms with E-state index in [1.807, 2.05) is 0 Å². The van der Waals surface area contributed by atoms with E-state index in [0.29, 0.717) is 0 Å². The van der Waals surface area contributed by atoms with Crippen LogP contribution in [0.5, 0.6) is 0 Å². The van der Waals surface area contributed by atoms with Gasteiger partial charge in [0.05, 0.1) is 21.2 Å². The Morgan fingerprint density at radius 3 is 2.00 bits per heavy atom. The molecule has 92 valence electrons. The molecule has 0 aliphatic rings. The number of hydrogen-bond donors (Lipinski definition) is 0. The van der Waals surface area contributed by atoms with Crippen molar-refractivity contribution in [3.8, 4) is 0 Å². The van der Waals surface area contributed by atoms with E-state index in [4.69, 9.17) is 0 Å². The van der Waals surface area contributed by atoms with Crippen LogP contribution in [-0.2, 0) is 22.2 Å². The van der Waals surface area contributed by atoms with Gasteiger partial charge >= 0.3 is 0 Å².